The third-order valence-corrected chi connectivity index (χ3v) is 3.88. The Morgan fingerprint density at radius 2 is 2.00 bits per heavy atom. The number of aromatic nitrogens is 2. The highest BCUT2D eigenvalue weighted by Gasteiger charge is 2.14. The molecule has 0 spiro atoms. The first-order valence-electron chi connectivity index (χ1n) is 5.56. The van der Waals surface area contributed by atoms with Crippen molar-refractivity contribution in [3.05, 3.63) is 42.0 Å². The van der Waals surface area contributed by atoms with E-state index < -0.39 is 10.0 Å². The van der Waals surface area contributed by atoms with Crippen LogP contribution < -0.4 is 4.72 Å². The van der Waals surface area contributed by atoms with Crippen LogP contribution in [0.2, 0.25) is 0 Å². The van der Waals surface area contributed by atoms with Gasteiger partial charge in [-0.2, -0.15) is 4.98 Å². The molecule has 2 aromatic rings. The summed E-state index contributed by atoms with van der Waals surface area (Å²) in [6.07, 6.45) is 1.63. The minimum absolute atomic E-state index is 0.0299. The molecule has 0 atom stereocenters. The van der Waals surface area contributed by atoms with Gasteiger partial charge in [-0.15, -0.1) is 0 Å². The lowest BCUT2D eigenvalue weighted by atomic mass is 10.2. The molecule has 0 unspecified atom stereocenters. The number of aliphatic hydroxyl groups excluding tert-OH is 1. The lowest BCUT2D eigenvalue weighted by Crippen LogP contribution is -2.23. The lowest BCUT2D eigenvalue weighted by Gasteiger charge is -2.05. The second-order valence-electron chi connectivity index (χ2n) is 3.79. The van der Waals surface area contributed by atoms with Crippen LogP contribution in [0.3, 0.4) is 0 Å². The fourth-order valence-electron chi connectivity index (χ4n) is 1.48. The molecule has 1 aromatic heterocycles. The van der Waals surface area contributed by atoms with Crippen molar-refractivity contribution in [2.45, 2.75) is 17.9 Å². The summed E-state index contributed by atoms with van der Waals surface area (Å²) in [5.41, 5.74) is 0.875. The first kappa shape index (κ1) is 13.7. The van der Waals surface area contributed by atoms with Crippen molar-refractivity contribution in [2.75, 3.05) is 6.61 Å². The lowest BCUT2D eigenvalue weighted by molar-refractivity contribution is 0.299. The molecule has 1 heterocycles. The van der Waals surface area contributed by atoms with E-state index in [0.29, 0.717) is 6.42 Å². The number of rotatable bonds is 6. The maximum atomic E-state index is 11.9. The highest BCUT2D eigenvalue weighted by atomic mass is 32.2. The molecule has 0 radical (unpaired) electrons. The van der Waals surface area contributed by atoms with E-state index in [1.807, 2.05) is 0 Å². The molecule has 2 N–H and O–H groups in total. The third kappa shape index (κ3) is 3.60. The van der Waals surface area contributed by atoms with Crippen molar-refractivity contribution >= 4 is 10.0 Å². The summed E-state index contributed by atoms with van der Waals surface area (Å²) < 4.78 is 30.8. The van der Waals surface area contributed by atoms with E-state index in [2.05, 4.69) is 19.4 Å². The minimum Gasteiger partial charge on any atom is -0.396 e. The van der Waals surface area contributed by atoms with Gasteiger partial charge in [0, 0.05) is 6.61 Å². The van der Waals surface area contributed by atoms with E-state index in [1.54, 1.807) is 12.1 Å². The van der Waals surface area contributed by atoms with Gasteiger partial charge in [-0.05, 0) is 24.1 Å². The molecular weight excluding hydrogens is 270 g/mol. The number of aliphatic hydroxyl groups is 1. The van der Waals surface area contributed by atoms with Gasteiger partial charge in [0.05, 0.1) is 11.4 Å². The number of benzene rings is 1. The molecule has 0 aliphatic rings. The Labute approximate surface area is 110 Å². The van der Waals surface area contributed by atoms with Gasteiger partial charge in [-0.3, -0.25) is 0 Å². The van der Waals surface area contributed by atoms with Crippen molar-refractivity contribution in [1.82, 2.24) is 14.9 Å². The summed E-state index contributed by atoms with van der Waals surface area (Å²) in [6, 6.07) is 6.31. The fraction of sp³-hybridized carbons (Fsp3) is 0.273. The fourth-order valence-corrected chi connectivity index (χ4v) is 2.46. The van der Waals surface area contributed by atoms with Crippen molar-refractivity contribution in [3.8, 4) is 0 Å². The first-order valence-corrected chi connectivity index (χ1v) is 7.05. The number of hydrogen-bond donors (Lipinski definition) is 2. The molecule has 0 saturated carbocycles. The summed E-state index contributed by atoms with van der Waals surface area (Å²) in [6.45, 7) is -0.000596. The first-order chi connectivity index (χ1) is 9.12. The second kappa shape index (κ2) is 5.91. The minimum atomic E-state index is -3.60. The van der Waals surface area contributed by atoms with Gasteiger partial charge in [0.15, 0.2) is 5.82 Å². The van der Waals surface area contributed by atoms with E-state index in [1.165, 1.54) is 12.1 Å². The highest BCUT2D eigenvalue weighted by molar-refractivity contribution is 7.89. The van der Waals surface area contributed by atoms with Crippen LogP contribution >= 0.6 is 0 Å². The normalized spacial score (nSPS) is 11.6. The average Bonchev–Trinajstić information content (AvgIpc) is 2.91. The Hall–Kier alpha value is -1.77. The van der Waals surface area contributed by atoms with Crippen molar-refractivity contribution in [1.29, 1.82) is 0 Å². The van der Waals surface area contributed by atoms with Crippen LogP contribution in [0.1, 0.15) is 11.4 Å². The van der Waals surface area contributed by atoms with Crippen LogP contribution in [-0.4, -0.2) is 30.3 Å². The molecule has 0 saturated heterocycles. The van der Waals surface area contributed by atoms with E-state index in [-0.39, 0.29) is 23.9 Å². The zero-order chi connectivity index (χ0) is 13.7. The molecule has 8 heteroatoms. The largest absolute Gasteiger partial charge is 0.396 e. The highest BCUT2D eigenvalue weighted by Crippen LogP contribution is 2.11. The van der Waals surface area contributed by atoms with E-state index in [4.69, 9.17) is 5.11 Å². The van der Waals surface area contributed by atoms with Gasteiger partial charge >= 0.3 is 0 Å². The van der Waals surface area contributed by atoms with Crippen LogP contribution in [-0.2, 0) is 23.0 Å². The molecule has 1 aromatic carbocycles. The summed E-state index contributed by atoms with van der Waals surface area (Å²) in [5.74, 6) is 0.264. The molecule has 0 aliphatic heterocycles. The van der Waals surface area contributed by atoms with Gasteiger partial charge in [-0.25, -0.2) is 13.1 Å². The van der Waals surface area contributed by atoms with Gasteiger partial charge in [0.25, 0.3) is 0 Å². The van der Waals surface area contributed by atoms with Crippen LogP contribution in [0.15, 0.2) is 40.1 Å². The van der Waals surface area contributed by atoms with E-state index in [9.17, 15) is 8.42 Å². The molecule has 0 fully saturated rings. The summed E-state index contributed by atoms with van der Waals surface area (Å²) in [5, 5.41) is 12.3. The monoisotopic (exact) mass is 283 g/mol. The Morgan fingerprint density at radius 3 is 2.58 bits per heavy atom. The molecule has 0 amide bonds. The van der Waals surface area contributed by atoms with E-state index >= 15 is 0 Å². The molecule has 0 bridgehead atoms. The van der Waals surface area contributed by atoms with Crippen LogP contribution in [0.5, 0.6) is 0 Å². The van der Waals surface area contributed by atoms with Gasteiger partial charge < -0.3 is 9.63 Å². The smallest absolute Gasteiger partial charge is 0.240 e. The summed E-state index contributed by atoms with van der Waals surface area (Å²) in [4.78, 5) is 3.87. The van der Waals surface area contributed by atoms with Crippen LogP contribution in [0, 0.1) is 0 Å². The predicted octanol–water partition coefficient (Wildman–Crippen LogP) is 0.0829. The Kier molecular flexibility index (Phi) is 4.25. The predicted molar refractivity (Wildman–Crippen MR) is 65.6 cm³/mol. The maximum Gasteiger partial charge on any atom is 0.240 e. The molecule has 7 nitrogen and oxygen atoms in total. The van der Waals surface area contributed by atoms with Crippen LogP contribution in [0.4, 0.5) is 0 Å². The number of sulfonamides is 1. The summed E-state index contributed by atoms with van der Waals surface area (Å²) >= 11 is 0. The third-order valence-electron chi connectivity index (χ3n) is 2.46. The summed E-state index contributed by atoms with van der Waals surface area (Å²) in [7, 11) is -3.60. The Morgan fingerprint density at radius 1 is 1.26 bits per heavy atom. The average molecular weight is 283 g/mol. The quantitative estimate of drug-likeness (QED) is 0.778. The van der Waals surface area contributed by atoms with Gasteiger partial charge in [0.1, 0.15) is 0 Å². The molecule has 19 heavy (non-hydrogen) atoms. The Bertz CT molecular complexity index is 608. The Balaban J connectivity index is 2.06. The molecule has 2 rings (SSSR count). The number of hydrogen-bond acceptors (Lipinski definition) is 6. The number of nitrogens with one attached hydrogen (secondary N) is 1. The van der Waals surface area contributed by atoms with Crippen molar-refractivity contribution in [2.24, 2.45) is 0 Å². The van der Waals surface area contributed by atoms with Crippen LogP contribution in [0.25, 0.3) is 0 Å². The SMILES string of the molecule is O=S(=O)(NCc1ncon1)c1ccc(CCO)cc1. The molecular formula is C11H13N3O4S. The zero-order valence-electron chi connectivity index (χ0n) is 9.98. The van der Waals surface area contributed by atoms with Crippen molar-refractivity contribution in [3.63, 3.8) is 0 Å². The van der Waals surface area contributed by atoms with Gasteiger partial charge in [0.2, 0.25) is 16.4 Å². The zero-order valence-corrected chi connectivity index (χ0v) is 10.8. The topological polar surface area (TPSA) is 105 Å². The van der Waals surface area contributed by atoms with E-state index in [0.717, 1.165) is 12.0 Å². The molecule has 102 valence electrons. The standard InChI is InChI=1S/C11H13N3O4S/c15-6-5-9-1-3-10(4-2-9)19(16,17)13-7-11-12-8-18-14-11/h1-4,8,13,15H,5-7H2. The van der Waals surface area contributed by atoms with Crippen molar-refractivity contribution < 1.29 is 18.0 Å². The second-order valence-corrected chi connectivity index (χ2v) is 5.56. The molecule has 0 aliphatic carbocycles. The van der Waals surface area contributed by atoms with Gasteiger partial charge in [-0.1, -0.05) is 17.3 Å². The maximum absolute atomic E-state index is 11.9. The number of nitrogens with zero attached hydrogens (tertiary/aromatic N) is 2.